The van der Waals surface area contributed by atoms with Gasteiger partial charge in [0.15, 0.2) is 6.10 Å². The first kappa shape index (κ1) is 20.9. The Morgan fingerprint density at radius 2 is 1.83 bits per heavy atom. The van der Waals surface area contributed by atoms with Crippen LogP contribution in [0.2, 0.25) is 0 Å². The van der Waals surface area contributed by atoms with Gasteiger partial charge >= 0.3 is 0 Å². The lowest BCUT2D eigenvalue weighted by atomic mass is 10.0. The van der Waals surface area contributed by atoms with Crippen LogP contribution in [0.5, 0.6) is 0 Å². The third kappa shape index (κ3) is 5.59. The smallest absolute Gasteiger partial charge is 0.223 e. The van der Waals surface area contributed by atoms with E-state index in [4.69, 9.17) is 4.84 Å². The number of amides is 1. The summed E-state index contributed by atoms with van der Waals surface area (Å²) < 4.78 is 40.4. The Labute approximate surface area is 168 Å². The lowest BCUT2D eigenvalue weighted by Gasteiger charge is -2.26. The fourth-order valence-electron chi connectivity index (χ4n) is 3.17. The van der Waals surface area contributed by atoms with Crippen LogP contribution in [0.3, 0.4) is 0 Å². The third-order valence-electron chi connectivity index (χ3n) is 4.65. The molecule has 0 radical (unpaired) electrons. The van der Waals surface area contributed by atoms with Crippen LogP contribution < -0.4 is 0 Å². The van der Waals surface area contributed by atoms with E-state index in [2.05, 4.69) is 5.16 Å². The zero-order chi connectivity index (χ0) is 21.0. The van der Waals surface area contributed by atoms with Gasteiger partial charge < -0.3 is 9.74 Å². The standard InChI is InChI=1S/C22H23F3N2O2/c1-14(2)9-22(28)27(12-16-5-8-18(24)10-20(16)25)13-19-11-21(26-29-19)15-3-6-17(23)7-4-15/h3-8,10,14,19H,9,11-13H2,1-2H3/t19-/m1/s1. The van der Waals surface area contributed by atoms with E-state index in [0.717, 1.165) is 11.6 Å². The quantitative estimate of drug-likeness (QED) is 0.673. The molecule has 2 aromatic rings. The van der Waals surface area contributed by atoms with Gasteiger partial charge in [-0.25, -0.2) is 13.2 Å². The highest BCUT2D eigenvalue weighted by Crippen LogP contribution is 2.21. The molecular weight excluding hydrogens is 381 g/mol. The molecule has 1 atom stereocenters. The average molecular weight is 404 g/mol. The summed E-state index contributed by atoms with van der Waals surface area (Å²) in [6, 6.07) is 9.26. The molecule has 4 nitrogen and oxygen atoms in total. The van der Waals surface area contributed by atoms with Crippen molar-refractivity contribution in [2.24, 2.45) is 11.1 Å². The minimum Gasteiger partial charge on any atom is -0.390 e. The summed E-state index contributed by atoms with van der Waals surface area (Å²) in [5.74, 6) is -1.69. The molecule has 0 fully saturated rings. The second-order valence-electron chi connectivity index (χ2n) is 7.58. The predicted octanol–water partition coefficient (Wildman–Crippen LogP) is 4.67. The molecule has 1 heterocycles. The van der Waals surface area contributed by atoms with Gasteiger partial charge in [-0.05, 0) is 29.7 Å². The Kier molecular flexibility index (Phi) is 6.56. The molecule has 3 rings (SSSR count). The van der Waals surface area contributed by atoms with Gasteiger partial charge in [0, 0.05) is 31.0 Å². The molecule has 0 bridgehead atoms. The van der Waals surface area contributed by atoms with Crippen LogP contribution >= 0.6 is 0 Å². The van der Waals surface area contributed by atoms with Crippen molar-refractivity contribution in [2.45, 2.75) is 39.3 Å². The molecule has 0 N–H and O–H groups in total. The topological polar surface area (TPSA) is 41.9 Å². The fourth-order valence-corrected chi connectivity index (χ4v) is 3.17. The van der Waals surface area contributed by atoms with E-state index in [1.165, 1.54) is 29.2 Å². The van der Waals surface area contributed by atoms with Gasteiger partial charge in [-0.2, -0.15) is 0 Å². The van der Waals surface area contributed by atoms with Crippen molar-refractivity contribution < 1.29 is 22.8 Å². The van der Waals surface area contributed by atoms with Gasteiger partial charge in [0.2, 0.25) is 5.91 Å². The van der Waals surface area contributed by atoms with Gasteiger partial charge in [-0.1, -0.05) is 37.2 Å². The summed E-state index contributed by atoms with van der Waals surface area (Å²) in [6.45, 7) is 4.09. The van der Waals surface area contributed by atoms with Gasteiger partial charge in [0.1, 0.15) is 17.5 Å². The van der Waals surface area contributed by atoms with E-state index in [9.17, 15) is 18.0 Å². The molecule has 0 saturated heterocycles. The summed E-state index contributed by atoms with van der Waals surface area (Å²) in [5, 5.41) is 4.06. The molecule has 29 heavy (non-hydrogen) atoms. The van der Waals surface area contributed by atoms with E-state index in [-0.39, 0.29) is 36.3 Å². The van der Waals surface area contributed by atoms with Crippen molar-refractivity contribution in [3.05, 3.63) is 71.0 Å². The number of hydrogen-bond donors (Lipinski definition) is 0. The molecule has 0 aromatic heterocycles. The maximum Gasteiger partial charge on any atom is 0.223 e. The van der Waals surface area contributed by atoms with Gasteiger partial charge in [-0.3, -0.25) is 4.79 Å². The molecule has 1 amide bonds. The Bertz CT molecular complexity index is 897. The third-order valence-corrected chi connectivity index (χ3v) is 4.65. The van der Waals surface area contributed by atoms with E-state index in [0.29, 0.717) is 18.6 Å². The van der Waals surface area contributed by atoms with Crippen molar-refractivity contribution in [3.63, 3.8) is 0 Å². The SMILES string of the molecule is CC(C)CC(=O)N(Cc1ccc(F)cc1F)C[C@H]1CC(c2ccc(F)cc2)=NO1. The highest BCUT2D eigenvalue weighted by atomic mass is 19.1. The summed E-state index contributed by atoms with van der Waals surface area (Å²) in [5.41, 5.74) is 1.65. The Morgan fingerprint density at radius 1 is 1.14 bits per heavy atom. The van der Waals surface area contributed by atoms with Crippen LogP contribution in [-0.4, -0.2) is 29.2 Å². The van der Waals surface area contributed by atoms with Crippen LogP contribution in [0, 0.1) is 23.4 Å². The second-order valence-corrected chi connectivity index (χ2v) is 7.58. The normalized spacial score (nSPS) is 15.9. The van der Waals surface area contributed by atoms with Gasteiger partial charge in [0.25, 0.3) is 0 Å². The highest BCUT2D eigenvalue weighted by molar-refractivity contribution is 6.01. The molecule has 2 aromatic carbocycles. The average Bonchev–Trinajstić information content (AvgIpc) is 3.12. The summed E-state index contributed by atoms with van der Waals surface area (Å²) in [6.07, 6.45) is 0.360. The first-order valence-electron chi connectivity index (χ1n) is 9.52. The monoisotopic (exact) mass is 404 g/mol. The van der Waals surface area contributed by atoms with Crippen molar-refractivity contribution >= 4 is 11.6 Å². The van der Waals surface area contributed by atoms with Gasteiger partial charge in [0.05, 0.1) is 12.3 Å². The Balaban J connectivity index is 1.70. The minimum atomic E-state index is -0.692. The van der Waals surface area contributed by atoms with E-state index in [1.807, 2.05) is 13.8 Å². The van der Waals surface area contributed by atoms with Crippen molar-refractivity contribution in [1.82, 2.24) is 4.90 Å². The largest absolute Gasteiger partial charge is 0.390 e. The zero-order valence-corrected chi connectivity index (χ0v) is 16.4. The molecule has 7 heteroatoms. The van der Waals surface area contributed by atoms with E-state index >= 15 is 0 Å². The number of hydrogen-bond acceptors (Lipinski definition) is 3. The van der Waals surface area contributed by atoms with Crippen LogP contribution in [-0.2, 0) is 16.2 Å². The van der Waals surface area contributed by atoms with E-state index < -0.39 is 17.7 Å². The van der Waals surface area contributed by atoms with E-state index in [1.54, 1.807) is 12.1 Å². The number of rotatable bonds is 7. The number of carbonyl (C=O) groups is 1. The molecule has 0 unspecified atom stereocenters. The first-order valence-corrected chi connectivity index (χ1v) is 9.52. The molecule has 0 spiro atoms. The Morgan fingerprint density at radius 3 is 2.48 bits per heavy atom. The summed E-state index contributed by atoms with van der Waals surface area (Å²) in [7, 11) is 0. The minimum absolute atomic E-state index is 0.0173. The lowest BCUT2D eigenvalue weighted by Crippen LogP contribution is -2.38. The van der Waals surface area contributed by atoms with Crippen molar-refractivity contribution in [2.75, 3.05) is 6.54 Å². The first-order chi connectivity index (χ1) is 13.8. The second kappa shape index (κ2) is 9.11. The lowest BCUT2D eigenvalue weighted by molar-refractivity contribution is -0.134. The summed E-state index contributed by atoms with van der Waals surface area (Å²) in [4.78, 5) is 19.7. The predicted molar refractivity (Wildman–Crippen MR) is 104 cm³/mol. The van der Waals surface area contributed by atoms with Crippen molar-refractivity contribution in [3.8, 4) is 0 Å². The Hall–Kier alpha value is -2.83. The molecular formula is C22H23F3N2O2. The van der Waals surface area contributed by atoms with Crippen LogP contribution in [0.25, 0.3) is 0 Å². The molecule has 1 aliphatic rings. The summed E-state index contributed by atoms with van der Waals surface area (Å²) >= 11 is 0. The number of oxime groups is 1. The molecule has 0 aliphatic carbocycles. The van der Waals surface area contributed by atoms with Crippen LogP contribution in [0.15, 0.2) is 47.6 Å². The number of halogens is 3. The number of nitrogens with zero attached hydrogens (tertiary/aromatic N) is 2. The van der Waals surface area contributed by atoms with Crippen molar-refractivity contribution in [1.29, 1.82) is 0 Å². The molecule has 154 valence electrons. The molecule has 1 aliphatic heterocycles. The fraction of sp³-hybridized carbons (Fsp3) is 0.364. The maximum absolute atomic E-state index is 14.1. The van der Waals surface area contributed by atoms with Crippen LogP contribution in [0.4, 0.5) is 13.2 Å². The number of carbonyl (C=O) groups excluding carboxylic acids is 1. The highest BCUT2D eigenvalue weighted by Gasteiger charge is 2.27. The molecule has 0 saturated carbocycles. The maximum atomic E-state index is 14.1. The van der Waals surface area contributed by atoms with Crippen LogP contribution in [0.1, 0.15) is 37.8 Å². The zero-order valence-electron chi connectivity index (χ0n) is 16.4. The number of benzene rings is 2. The van der Waals surface area contributed by atoms with Gasteiger partial charge in [-0.15, -0.1) is 0 Å².